The number of benzene rings is 3. The van der Waals surface area contributed by atoms with Crippen LogP contribution >= 0.6 is 11.6 Å². The first-order valence-electron chi connectivity index (χ1n) is 10.4. The highest BCUT2D eigenvalue weighted by atomic mass is 35.5. The first-order chi connectivity index (χ1) is 15.8. The largest absolute Gasteiger partial charge is 0.494 e. The number of carboxylic acid groups (broad SMARTS) is 1. The molecule has 0 fully saturated rings. The van der Waals surface area contributed by atoms with Crippen molar-refractivity contribution in [2.24, 2.45) is 0 Å². The van der Waals surface area contributed by atoms with E-state index in [1.165, 1.54) is 10.2 Å². The Morgan fingerprint density at radius 3 is 2.48 bits per heavy atom. The molecule has 0 aliphatic rings. The van der Waals surface area contributed by atoms with E-state index >= 15 is 0 Å². The van der Waals surface area contributed by atoms with E-state index in [1.54, 1.807) is 66.7 Å². The number of hydrogen-bond acceptors (Lipinski definition) is 4. The molecule has 0 saturated heterocycles. The molecule has 1 aromatic heterocycles. The molecule has 0 saturated carbocycles. The van der Waals surface area contributed by atoms with Crippen LogP contribution in [0, 0.1) is 0 Å². The molecule has 0 atom stereocenters. The van der Waals surface area contributed by atoms with Crippen molar-refractivity contribution in [1.29, 1.82) is 0 Å². The van der Waals surface area contributed by atoms with Crippen LogP contribution in [-0.2, 0) is 21.2 Å². The zero-order chi connectivity index (χ0) is 23.6. The molecule has 1 N–H and O–H groups in total. The van der Waals surface area contributed by atoms with Gasteiger partial charge < -0.3 is 9.84 Å². The highest BCUT2D eigenvalue weighted by Crippen LogP contribution is 2.34. The Bertz CT molecular complexity index is 1430. The molecule has 33 heavy (non-hydrogen) atoms. The highest BCUT2D eigenvalue weighted by Gasteiger charge is 2.25. The van der Waals surface area contributed by atoms with Gasteiger partial charge in [-0.25, -0.2) is 12.4 Å². The van der Waals surface area contributed by atoms with E-state index in [-0.39, 0.29) is 17.7 Å². The van der Waals surface area contributed by atoms with Crippen molar-refractivity contribution in [3.05, 3.63) is 83.5 Å². The fourth-order valence-corrected chi connectivity index (χ4v) is 5.54. The van der Waals surface area contributed by atoms with Gasteiger partial charge in [0.15, 0.2) is 0 Å². The maximum atomic E-state index is 13.9. The van der Waals surface area contributed by atoms with Crippen LogP contribution < -0.4 is 4.74 Å². The molecule has 0 radical (unpaired) electrons. The number of halogens is 1. The molecular formula is C25H22ClNO5S. The number of rotatable bonds is 8. The van der Waals surface area contributed by atoms with Gasteiger partial charge in [0.05, 0.1) is 17.0 Å². The van der Waals surface area contributed by atoms with Crippen LogP contribution in [0.4, 0.5) is 0 Å². The zero-order valence-corrected chi connectivity index (χ0v) is 19.4. The van der Waals surface area contributed by atoms with Crippen molar-refractivity contribution in [3.63, 3.8) is 0 Å². The van der Waals surface area contributed by atoms with Crippen molar-refractivity contribution in [1.82, 2.24) is 3.97 Å². The fourth-order valence-electron chi connectivity index (χ4n) is 3.81. The Labute approximate surface area is 197 Å². The van der Waals surface area contributed by atoms with Gasteiger partial charge in [-0.05, 0) is 60.9 Å². The number of fused-ring (bicyclic) bond motifs is 1. The molecule has 0 aliphatic heterocycles. The molecular weight excluding hydrogens is 462 g/mol. The number of aromatic nitrogens is 1. The standard InChI is InChI=1S/C25H22ClNO5S/c1-2-32-20-12-13-23-22(15-20)18(9-14-25(28)29)16-27(23)33(30,31)24-6-4-3-5-21(24)17-7-10-19(26)11-8-17/h3-8,10-13,15-16H,2,9,14H2,1H3,(H,28,29). The topological polar surface area (TPSA) is 85.6 Å². The van der Waals surface area contributed by atoms with Crippen LogP contribution in [0.2, 0.25) is 5.02 Å². The van der Waals surface area contributed by atoms with E-state index in [4.69, 9.17) is 21.4 Å². The predicted octanol–water partition coefficient (Wildman–Crippen LogP) is 5.61. The summed E-state index contributed by atoms with van der Waals surface area (Å²) in [6.07, 6.45) is 1.60. The summed E-state index contributed by atoms with van der Waals surface area (Å²) < 4.78 is 34.5. The van der Waals surface area contributed by atoms with Gasteiger partial charge in [0.25, 0.3) is 10.0 Å². The minimum atomic E-state index is -4.00. The van der Waals surface area contributed by atoms with Crippen molar-refractivity contribution >= 4 is 38.5 Å². The summed E-state index contributed by atoms with van der Waals surface area (Å²) in [5.41, 5.74) is 2.36. The lowest BCUT2D eigenvalue weighted by atomic mass is 10.1. The van der Waals surface area contributed by atoms with E-state index in [0.29, 0.717) is 39.4 Å². The van der Waals surface area contributed by atoms with Gasteiger partial charge in [-0.15, -0.1) is 0 Å². The van der Waals surface area contributed by atoms with Gasteiger partial charge in [0.2, 0.25) is 0 Å². The van der Waals surface area contributed by atoms with Crippen LogP contribution in [0.15, 0.2) is 77.8 Å². The van der Waals surface area contributed by atoms with E-state index in [1.807, 2.05) is 6.92 Å². The second kappa shape index (κ2) is 9.29. The third-order valence-electron chi connectivity index (χ3n) is 5.32. The van der Waals surface area contributed by atoms with Gasteiger partial charge in [-0.2, -0.15) is 0 Å². The maximum Gasteiger partial charge on any atom is 0.303 e. The van der Waals surface area contributed by atoms with Gasteiger partial charge in [0.1, 0.15) is 5.75 Å². The lowest BCUT2D eigenvalue weighted by molar-refractivity contribution is -0.136. The minimum Gasteiger partial charge on any atom is -0.494 e. The molecule has 170 valence electrons. The van der Waals surface area contributed by atoms with Crippen molar-refractivity contribution in [2.45, 2.75) is 24.7 Å². The van der Waals surface area contributed by atoms with E-state index in [2.05, 4.69) is 0 Å². The molecule has 8 heteroatoms. The lowest BCUT2D eigenvalue weighted by Gasteiger charge is -2.13. The molecule has 6 nitrogen and oxygen atoms in total. The second-order valence-corrected chi connectivity index (χ2v) is 9.68. The number of carboxylic acids is 1. The predicted molar refractivity (Wildman–Crippen MR) is 129 cm³/mol. The molecule has 4 rings (SSSR count). The molecule has 1 heterocycles. The van der Waals surface area contributed by atoms with E-state index in [0.717, 1.165) is 5.56 Å². The first-order valence-corrected chi connectivity index (χ1v) is 12.2. The Balaban J connectivity index is 1.90. The van der Waals surface area contributed by atoms with Gasteiger partial charge >= 0.3 is 5.97 Å². The van der Waals surface area contributed by atoms with Crippen LogP contribution in [0.5, 0.6) is 5.75 Å². The summed E-state index contributed by atoms with van der Waals surface area (Å²) in [7, 11) is -4.00. The Morgan fingerprint density at radius 2 is 1.79 bits per heavy atom. The summed E-state index contributed by atoms with van der Waals surface area (Å²) in [4.78, 5) is 11.3. The second-order valence-electron chi connectivity index (χ2n) is 7.46. The molecule has 0 spiro atoms. The number of nitrogens with zero attached hydrogens (tertiary/aromatic N) is 1. The third-order valence-corrected chi connectivity index (χ3v) is 7.31. The Hall–Kier alpha value is -3.29. The average Bonchev–Trinajstić information content (AvgIpc) is 3.17. The first kappa shape index (κ1) is 22.9. The number of ether oxygens (including phenoxy) is 1. The van der Waals surface area contributed by atoms with Crippen LogP contribution in [0.3, 0.4) is 0 Å². The number of carbonyl (C=O) groups is 1. The average molecular weight is 484 g/mol. The number of aryl methyl sites for hydroxylation is 1. The molecule has 0 amide bonds. The quantitative estimate of drug-likeness (QED) is 0.352. The van der Waals surface area contributed by atoms with Gasteiger partial charge in [0, 0.05) is 28.6 Å². The van der Waals surface area contributed by atoms with E-state index in [9.17, 15) is 13.2 Å². The molecule has 0 unspecified atom stereocenters. The van der Waals surface area contributed by atoms with Crippen molar-refractivity contribution in [2.75, 3.05) is 6.61 Å². The highest BCUT2D eigenvalue weighted by molar-refractivity contribution is 7.90. The maximum absolute atomic E-state index is 13.9. The van der Waals surface area contributed by atoms with Crippen LogP contribution in [0.1, 0.15) is 18.9 Å². The van der Waals surface area contributed by atoms with Crippen LogP contribution in [-0.4, -0.2) is 30.1 Å². The molecule has 0 aliphatic carbocycles. The monoisotopic (exact) mass is 483 g/mol. The third kappa shape index (κ3) is 4.60. The summed E-state index contributed by atoms with van der Waals surface area (Å²) in [6.45, 7) is 2.32. The van der Waals surface area contributed by atoms with E-state index < -0.39 is 16.0 Å². The smallest absolute Gasteiger partial charge is 0.303 e. The molecule has 3 aromatic carbocycles. The normalized spacial score (nSPS) is 11.6. The lowest BCUT2D eigenvalue weighted by Crippen LogP contribution is -2.13. The summed E-state index contributed by atoms with van der Waals surface area (Å²) >= 11 is 6.01. The zero-order valence-electron chi connectivity index (χ0n) is 17.9. The van der Waals surface area contributed by atoms with Gasteiger partial charge in [-0.3, -0.25) is 4.79 Å². The SMILES string of the molecule is CCOc1ccc2c(c1)c(CCC(=O)O)cn2S(=O)(=O)c1ccccc1-c1ccc(Cl)cc1. The number of hydrogen-bond donors (Lipinski definition) is 1. The minimum absolute atomic E-state index is 0.112. The number of aliphatic carboxylic acids is 1. The van der Waals surface area contributed by atoms with Crippen molar-refractivity contribution < 1.29 is 23.1 Å². The van der Waals surface area contributed by atoms with Gasteiger partial charge in [-0.1, -0.05) is 41.9 Å². The Kier molecular flexibility index (Phi) is 6.44. The van der Waals surface area contributed by atoms with Crippen molar-refractivity contribution in [3.8, 4) is 16.9 Å². The summed E-state index contributed by atoms with van der Waals surface area (Å²) in [5.74, 6) is -0.355. The molecule has 4 aromatic rings. The molecule has 0 bridgehead atoms. The fraction of sp³-hybridized carbons (Fsp3) is 0.160. The van der Waals surface area contributed by atoms with Crippen LogP contribution in [0.25, 0.3) is 22.0 Å². The summed E-state index contributed by atoms with van der Waals surface area (Å²) in [5, 5.41) is 10.4. The Morgan fingerprint density at radius 1 is 1.06 bits per heavy atom. The summed E-state index contributed by atoms with van der Waals surface area (Å²) in [6, 6.07) is 18.9.